The zero-order valence-electron chi connectivity index (χ0n) is 4.43. The Kier molecular flexibility index (Phi) is 3.81. The van der Waals surface area contributed by atoms with Gasteiger partial charge in [-0.15, -0.1) is 0 Å². The molecule has 0 unspecified atom stereocenters. The Bertz CT molecular complexity index is 86.1. The van der Waals surface area contributed by atoms with Gasteiger partial charge >= 0.3 is 5.97 Å². The van der Waals surface area contributed by atoms with E-state index in [-0.39, 0.29) is 0 Å². The van der Waals surface area contributed by atoms with Gasteiger partial charge in [-0.2, -0.15) is 0 Å². The molecule has 4 heteroatoms. The van der Waals surface area contributed by atoms with E-state index < -0.39 is 12.0 Å². The van der Waals surface area contributed by atoms with Gasteiger partial charge in [0, 0.05) is 11.8 Å². The lowest BCUT2D eigenvalue weighted by atomic mass is 10.2. The van der Waals surface area contributed by atoms with Crippen LogP contribution in [0.15, 0.2) is 0 Å². The van der Waals surface area contributed by atoms with E-state index in [1.807, 2.05) is 0 Å². The Morgan fingerprint density at radius 3 is 2.50 bits per heavy atom. The second kappa shape index (κ2) is 3.86. The van der Waals surface area contributed by atoms with Crippen LogP contribution >= 0.6 is 15.9 Å². The molecule has 0 spiro atoms. The maximum absolute atomic E-state index is 10.0. The van der Waals surface area contributed by atoms with Crippen molar-refractivity contribution in [3.8, 4) is 0 Å². The summed E-state index contributed by atoms with van der Waals surface area (Å²) in [6.07, 6.45) is 0.593. The van der Waals surface area contributed by atoms with E-state index in [1.165, 1.54) is 0 Å². The second-order valence-corrected chi connectivity index (χ2v) is 2.31. The molecule has 1 atom stereocenters. The Balaban J connectivity index is 3.32. The van der Waals surface area contributed by atoms with E-state index in [9.17, 15) is 4.79 Å². The first-order valence-corrected chi connectivity index (χ1v) is 3.42. The van der Waals surface area contributed by atoms with E-state index in [0.29, 0.717) is 11.8 Å². The minimum atomic E-state index is -0.829. The summed E-state index contributed by atoms with van der Waals surface area (Å²) in [6.45, 7) is 0. The monoisotopic (exact) mass is 182 g/mol. The van der Waals surface area contributed by atoms with Gasteiger partial charge in [0.1, 0.15) is 0 Å². The van der Waals surface area contributed by atoms with Crippen LogP contribution < -0.4 is 5.73 Å². The van der Waals surface area contributed by atoms with E-state index in [4.69, 9.17) is 5.11 Å². The van der Waals surface area contributed by atoms with Crippen LogP contribution in [0.2, 0.25) is 0 Å². The van der Waals surface area contributed by atoms with Gasteiger partial charge < -0.3 is 10.8 Å². The van der Waals surface area contributed by atoms with Gasteiger partial charge in [0.05, 0.1) is 0 Å². The molecule has 0 radical (unpaired) electrons. The molecule has 0 aromatic heterocycles. The van der Waals surface area contributed by atoms with Gasteiger partial charge in [0.15, 0.2) is 6.04 Å². The first kappa shape index (κ1) is 7.91. The number of hydrogen-bond donors (Lipinski definition) is 2. The van der Waals surface area contributed by atoms with Crippen LogP contribution in [0.4, 0.5) is 0 Å². The molecule has 0 saturated heterocycles. The first-order valence-electron chi connectivity index (χ1n) is 2.30. The van der Waals surface area contributed by atoms with E-state index in [2.05, 4.69) is 21.7 Å². The number of carboxylic acid groups (broad SMARTS) is 1. The van der Waals surface area contributed by atoms with Crippen LogP contribution in [-0.4, -0.2) is 22.4 Å². The highest BCUT2D eigenvalue weighted by Crippen LogP contribution is 1.89. The molecule has 0 aliphatic carbocycles. The molecule has 3 nitrogen and oxygen atoms in total. The molecule has 0 bridgehead atoms. The molecule has 0 heterocycles. The highest BCUT2D eigenvalue weighted by atomic mass is 79.9. The van der Waals surface area contributed by atoms with Crippen LogP contribution in [0.25, 0.3) is 0 Å². The van der Waals surface area contributed by atoms with Crippen LogP contribution in [0.3, 0.4) is 0 Å². The molecule has 0 saturated carbocycles. The molecule has 4 N–H and O–H groups in total. The molecular weight excluding hydrogens is 174 g/mol. The minimum absolute atomic E-state index is 0.464. The van der Waals surface area contributed by atoms with Crippen molar-refractivity contribution in [3.05, 3.63) is 0 Å². The van der Waals surface area contributed by atoms with E-state index >= 15 is 0 Å². The number of hydrogen-bond acceptors (Lipinski definition) is 1. The predicted octanol–water partition coefficient (Wildman–Crippen LogP) is -0.534. The van der Waals surface area contributed by atoms with Gasteiger partial charge in [0.2, 0.25) is 0 Å². The molecule has 0 rings (SSSR count). The second-order valence-electron chi connectivity index (χ2n) is 1.51. The maximum atomic E-state index is 10.0. The molecule has 0 aromatic carbocycles. The predicted molar refractivity (Wildman–Crippen MR) is 32.7 cm³/mol. The number of rotatable bonds is 3. The van der Waals surface area contributed by atoms with Gasteiger partial charge in [-0.1, -0.05) is 15.9 Å². The fourth-order valence-corrected chi connectivity index (χ4v) is 0.808. The highest BCUT2D eigenvalue weighted by molar-refractivity contribution is 9.09. The summed E-state index contributed by atoms with van der Waals surface area (Å²) >= 11 is 3.11. The van der Waals surface area contributed by atoms with Crippen LogP contribution in [0.1, 0.15) is 6.42 Å². The molecule has 0 aliphatic heterocycles. The molecule has 0 aromatic rings. The van der Waals surface area contributed by atoms with Crippen molar-refractivity contribution in [3.63, 3.8) is 0 Å². The standard InChI is InChI=1S/C4H8BrNO2/c5-2-1-3(6)4(7)8/h3H,1-2,6H2,(H,7,8)/p+1/t3-/m0/s1. The van der Waals surface area contributed by atoms with E-state index in [1.54, 1.807) is 0 Å². The normalized spacial score (nSPS) is 13.2. The summed E-state index contributed by atoms with van der Waals surface area (Å²) in [4.78, 5) is 10.0. The summed E-state index contributed by atoms with van der Waals surface area (Å²) in [6, 6.07) is -0.464. The number of carboxylic acids is 1. The average Bonchev–Trinajstić information content (AvgIpc) is 1.67. The molecule has 0 fully saturated rings. The smallest absolute Gasteiger partial charge is 0.362 e. The van der Waals surface area contributed by atoms with Gasteiger partial charge in [-0.05, 0) is 0 Å². The van der Waals surface area contributed by atoms with Crippen molar-refractivity contribution in [2.75, 3.05) is 5.33 Å². The number of quaternary nitrogens is 1. The molecule has 48 valence electrons. The summed E-state index contributed by atoms with van der Waals surface area (Å²) in [5.74, 6) is -0.829. The van der Waals surface area contributed by atoms with Gasteiger partial charge in [-0.3, -0.25) is 0 Å². The zero-order valence-corrected chi connectivity index (χ0v) is 6.02. The fraction of sp³-hybridized carbons (Fsp3) is 0.750. The van der Waals surface area contributed by atoms with Crippen LogP contribution in [-0.2, 0) is 4.79 Å². The zero-order chi connectivity index (χ0) is 6.57. The van der Waals surface area contributed by atoms with Crippen molar-refractivity contribution >= 4 is 21.9 Å². The van der Waals surface area contributed by atoms with Crippen molar-refractivity contribution in [1.29, 1.82) is 0 Å². The third-order valence-corrected chi connectivity index (χ3v) is 1.26. The van der Waals surface area contributed by atoms with Gasteiger partial charge in [0.25, 0.3) is 0 Å². The number of alkyl halides is 1. The Hall–Kier alpha value is -0.0900. The van der Waals surface area contributed by atoms with Gasteiger partial charge in [-0.25, -0.2) is 4.79 Å². The number of halogens is 1. The molecule has 0 aliphatic rings. The lowest BCUT2D eigenvalue weighted by molar-refractivity contribution is -0.407. The Morgan fingerprint density at radius 2 is 2.38 bits per heavy atom. The van der Waals surface area contributed by atoms with Crippen LogP contribution in [0.5, 0.6) is 0 Å². The minimum Gasteiger partial charge on any atom is -0.477 e. The summed E-state index contributed by atoms with van der Waals surface area (Å²) < 4.78 is 0. The summed E-state index contributed by atoms with van der Waals surface area (Å²) in [5, 5.41) is 8.93. The van der Waals surface area contributed by atoms with E-state index in [0.717, 1.165) is 0 Å². The molecule has 0 amide bonds. The first-order chi connectivity index (χ1) is 3.68. The molecule has 8 heavy (non-hydrogen) atoms. The third kappa shape index (κ3) is 2.98. The van der Waals surface area contributed by atoms with Crippen molar-refractivity contribution in [2.24, 2.45) is 0 Å². The SMILES string of the molecule is [NH3+][C@@H](CCBr)C(=O)O. The maximum Gasteiger partial charge on any atom is 0.362 e. The quantitative estimate of drug-likeness (QED) is 0.577. The lowest BCUT2D eigenvalue weighted by Gasteiger charge is -1.96. The highest BCUT2D eigenvalue weighted by Gasteiger charge is 2.12. The Morgan fingerprint density at radius 1 is 1.88 bits per heavy atom. The average molecular weight is 183 g/mol. The largest absolute Gasteiger partial charge is 0.477 e. The number of carbonyl (C=O) groups is 1. The third-order valence-electron chi connectivity index (χ3n) is 0.807. The Labute approximate surface area is 56.0 Å². The van der Waals surface area contributed by atoms with Crippen LogP contribution in [0, 0.1) is 0 Å². The van der Waals surface area contributed by atoms with Crippen molar-refractivity contribution in [1.82, 2.24) is 0 Å². The fourth-order valence-electron chi connectivity index (χ4n) is 0.255. The molecular formula is C4H9BrNO2+. The summed E-state index contributed by atoms with van der Waals surface area (Å²) in [7, 11) is 0. The topological polar surface area (TPSA) is 64.9 Å². The summed E-state index contributed by atoms with van der Waals surface area (Å²) in [5.41, 5.74) is 3.40. The van der Waals surface area contributed by atoms with Crippen molar-refractivity contribution < 1.29 is 15.6 Å². The number of aliphatic carboxylic acids is 1. The lowest BCUT2D eigenvalue weighted by Crippen LogP contribution is -2.65. The van der Waals surface area contributed by atoms with Crippen molar-refractivity contribution in [2.45, 2.75) is 12.5 Å².